The standard InChI is InChI=1S/C35H45N7O5S/c1-34(2,3)22-19-27(31(46-6)28(20-22)40-48(7,44)45)37-33(43)36-26-14-15-29(25-12-9-8-11-24(25)26)47-23-13-16-30-38-39-32(42(30)21-23)35(4)17-10-18-41(35)5/h8-9,11-13,16,19-21,26,29,40H,10,14-15,17-18H2,1-7H3,(H2,36,37,43)/t26-,29+,35+/m0/s1. The third-order valence-electron chi connectivity index (χ3n) is 9.58. The quantitative estimate of drug-likeness (QED) is 0.203. The van der Waals surface area contributed by atoms with Crippen LogP contribution in [-0.4, -0.2) is 60.9 Å². The number of pyridine rings is 1. The first-order valence-corrected chi connectivity index (χ1v) is 18.2. The molecular formula is C35H45N7O5S. The molecule has 1 aliphatic carbocycles. The van der Waals surface area contributed by atoms with Gasteiger partial charge in [0.05, 0.1) is 42.5 Å². The number of amides is 2. The Morgan fingerprint density at radius 2 is 1.77 bits per heavy atom. The highest BCUT2D eigenvalue weighted by Gasteiger charge is 2.40. The van der Waals surface area contributed by atoms with Crippen molar-refractivity contribution in [2.75, 3.05) is 37.0 Å². The van der Waals surface area contributed by atoms with Crippen molar-refractivity contribution in [2.24, 2.45) is 0 Å². The summed E-state index contributed by atoms with van der Waals surface area (Å²) in [4.78, 5) is 15.8. The predicted octanol–water partition coefficient (Wildman–Crippen LogP) is 6.12. The maximum absolute atomic E-state index is 13.5. The van der Waals surface area contributed by atoms with E-state index in [1.54, 1.807) is 6.07 Å². The zero-order chi connectivity index (χ0) is 34.4. The SMILES string of the molecule is COc1c(NC(=O)N[C@H]2CC[C@@H](Oc3ccc4nnc([C@@]5(C)CCCN5C)n4c3)c3ccccc32)cc(C(C)(C)C)cc1NS(C)(=O)=O. The third-order valence-corrected chi connectivity index (χ3v) is 10.2. The predicted molar refractivity (Wildman–Crippen MR) is 186 cm³/mol. The molecule has 256 valence electrons. The summed E-state index contributed by atoms with van der Waals surface area (Å²) < 4.78 is 41.0. The van der Waals surface area contributed by atoms with Gasteiger partial charge in [-0.05, 0) is 92.6 Å². The number of hydrogen-bond acceptors (Lipinski definition) is 8. The molecule has 3 heterocycles. The van der Waals surface area contributed by atoms with Gasteiger partial charge in [0.25, 0.3) is 0 Å². The van der Waals surface area contributed by atoms with Crippen molar-refractivity contribution in [1.29, 1.82) is 0 Å². The van der Waals surface area contributed by atoms with Crippen LogP contribution in [0, 0.1) is 0 Å². The van der Waals surface area contributed by atoms with Gasteiger partial charge in [0.2, 0.25) is 10.0 Å². The van der Waals surface area contributed by atoms with E-state index in [1.165, 1.54) is 7.11 Å². The molecule has 2 aromatic heterocycles. The summed E-state index contributed by atoms with van der Waals surface area (Å²) in [5.74, 6) is 1.86. The molecule has 1 saturated heterocycles. The summed E-state index contributed by atoms with van der Waals surface area (Å²) >= 11 is 0. The van der Waals surface area contributed by atoms with Crippen LogP contribution in [0.15, 0.2) is 54.7 Å². The molecule has 2 amide bonds. The maximum atomic E-state index is 13.5. The number of fused-ring (bicyclic) bond motifs is 2. The highest BCUT2D eigenvalue weighted by atomic mass is 32.2. The Morgan fingerprint density at radius 1 is 1.04 bits per heavy atom. The van der Waals surface area contributed by atoms with Gasteiger partial charge in [-0.1, -0.05) is 45.0 Å². The highest BCUT2D eigenvalue weighted by Crippen LogP contribution is 2.42. The van der Waals surface area contributed by atoms with Crippen molar-refractivity contribution in [3.63, 3.8) is 0 Å². The van der Waals surface area contributed by atoms with Gasteiger partial charge in [-0.15, -0.1) is 10.2 Å². The first-order chi connectivity index (χ1) is 22.7. The van der Waals surface area contributed by atoms with Gasteiger partial charge < -0.3 is 20.1 Å². The zero-order valence-electron chi connectivity index (χ0n) is 28.6. The molecule has 6 rings (SSSR count). The number of nitrogens with zero attached hydrogens (tertiary/aromatic N) is 4. The molecule has 4 aromatic rings. The fourth-order valence-corrected chi connectivity index (χ4v) is 7.39. The molecule has 13 heteroatoms. The molecule has 0 unspecified atom stereocenters. The lowest BCUT2D eigenvalue weighted by Gasteiger charge is -2.32. The van der Waals surface area contributed by atoms with Crippen molar-refractivity contribution in [3.05, 3.63) is 77.2 Å². The number of carbonyl (C=O) groups is 1. The van der Waals surface area contributed by atoms with E-state index >= 15 is 0 Å². The number of methoxy groups -OCH3 is 1. The number of rotatable bonds is 8. The molecule has 48 heavy (non-hydrogen) atoms. The van der Waals surface area contributed by atoms with Crippen LogP contribution in [0.25, 0.3) is 5.65 Å². The lowest BCUT2D eigenvalue weighted by Crippen LogP contribution is -2.37. The molecule has 0 bridgehead atoms. The van der Waals surface area contributed by atoms with E-state index < -0.39 is 16.1 Å². The third kappa shape index (κ3) is 6.66. The number of anilines is 2. The van der Waals surface area contributed by atoms with Gasteiger partial charge >= 0.3 is 6.03 Å². The van der Waals surface area contributed by atoms with Crippen molar-refractivity contribution < 1.29 is 22.7 Å². The smallest absolute Gasteiger partial charge is 0.319 e. The number of benzene rings is 2. The molecule has 0 spiro atoms. The van der Waals surface area contributed by atoms with Crippen molar-refractivity contribution in [3.8, 4) is 11.5 Å². The van der Waals surface area contributed by atoms with Crippen LogP contribution in [0.5, 0.6) is 11.5 Å². The average molecular weight is 676 g/mol. The Bertz CT molecular complexity index is 1950. The molecular weight excluding hydrogens is 630 g/mol. The summed E-state index contributed by atoms with van der Waals surface area (Å²) in [5.41, 5.74) is 3.69. The average Bonchev–Trinajstić information content (AvgIpc) is 3.59. The largest absolute Gasteiger partial charge is 0.492 e. The summed E-state index contributed by atoms with van der Waals surface area (Å²) in [7, 11) is -0.0300. The van der Waals surface area contributed by atoms with E-state index in [2.05, 4.69) is 44.4 Å². The normalized spacial score (nSPS) is 21.5. The lowest BCUT2D eigenvalue weighted by atomic mass is 9.85. The summed E-state index contributed by atoms with van der Waals surface area (Å²) in [5, 5.41) is 15.0. The molecule has 0 saturated carbocycles. The summed E-state index contributed by atoms with van der Waals surface area (Å²) in [6, 6.07) is 14.7. The van der Waals surface area contributed by atoms with E-state index in [-0.39, 0.29) is 34.5 Å². The number of carbonyl (C=O) groups excluding carboxylic acids is 1. The van der Waals surface area contributed by atoms with Crippen LogP contribution < -0.4 is 24.8 Å². The number of hydrogen-bond donors (Lipinski definition) is 3. The van der Waals surface area contributed by atoms with E-state index in [9.17, 15) is 13.2 Å². The summed E-state index contributed by atoms with van der Waals surface area (Å²) in [6.07, 6.45) is 6.31. The Balaban J connectivity index is 1.22. The second kappa shape index (κ2) is 12.6. The van der Waals surface area contributed by atoms with Crippen LogP contribution in [0.2, 0.25) is 0 Å². The number of ether oxygens (including phenoxy) is 2. The minimum atomic E-state index is -3.60. The molecule has 12 nitrogen and oxygen atoms in total. The molecule has 3 N–H and O–H groups in total. The first-order valence-electron chi connectivity index (χ1n) is 16.3. The number of likely N-dealkylation sites (tertiary alicyclic amines) is 1. The van der Waals surface area contributed by atoms with Gasteiger partial charge in [-0.3, -0.25) is 14.0 Å². The number of urea groups is 1. The minimum Gasteiger partial charge on any atom is -0.492 e. The fourth-order valence-electron chi connectivity index (χ4n) is 6.84. The van der Waals surface area contributed by atoms with Crippen molar-refractivity contribution in [1.82, 2.24) is 24.8 Å². The van der Waals surface area contributed by atoms with Gasteiger partial charge in [0.1, 0.15) is 11.9 Å². The highest BCUT2D eigenvalue weighted by molar-refractivity contribution is 7.92. The number of sulfonamides is 1. The first kappa shape index (κ1) is 33.5. The van der Waals surface area contributed by atoms with Gasteiger partial charge in [-0.25, -0.2) is 13.2 Å². The second-order valence-corrected chi connectivity index (χ2v) is 15.9. The van der Waals surface area contributed by atoms with E-state index in [4.69, 9.17) is 9.47 Å². The van der Waals surface area contributed by atoms with Crippen LogP contribution >= 0.6 is 0 Å². The Morgan fingerprint density at radius 3 is 2.44 bits per heavy atom. The number of nitrogens with one attached hydrogen (secondary N) is 3. The van der Waals surface area contributed by atoms with Gasteiger partial charge in [0.15, 0.2) is 17.2 Å². The van der Waals surface area contributed by atoms with Crippen LogP contribution in [0.4, 0.5) is 16.2 Å². The van der Waals surface area contributed by atoms with Crippen LogP contribution in [-0.2, 0) is 21.0 Å². The van der Waals surface area contributed by atoms with Crippen molar-refractivity contribution in [2.45, 2.75) is 76.5 Å². The lowest BCUT2D eigenvalue weighted by molar-refractivity contribution is 0.170. The molecule has 0 radical (unpaired) electrons. The van der Waals surface area contributed by atoms with Crippen LogP contribution in [0.3, 0.4) is 0 Å². The molecule has 2 aliphatic rings. The molecule has 1 fully saturated rings. The maximum Gasteiger partial charge on any atom is 0.319 e. The monoisotopic (exact) mass is 675 g/mol. The van der Waals surface area contributed by atoms with E-state index in [0.29, 0.717) is 18.5 Å². The minimum absolute atomic E-state index is 0.196. The molecule has 3 atom stereocenters. The zero-order valence-corrected chi connectivity index (χ0v) is 29.4. The topological polar surface area (TPSA) is 139 Å². The number of aromatic nitrogens is 3. The second-order valence-electron chi connectivity index (χ2n) is 14.1. The molecule has 2 aromatic carbocycles. The van der Waals surface area contributed by atoms with E-state index in [0.717, 1.165) is 59.6 Å². The van der Waals surface area contributed by atoms with Crippen LogP contribution in [0.1, 0.15) is 88.0 Å². The Kier molecular flexibility index (Phi) is 8.79. The van der Waals surface area contributed by atoms with Crippen molar-refractivity contribution >= 4 is 33.1 Å². The van der Waals surface area contributed by atoms with Gasteiger partial charge in [0, 0.05) is 0 Å². The van der Waals surface area contributed by atoms with E-state index in [1.807, 2.05) is 73.8 Å². The van der Waals surface area contributed by atoms with Gasteiger partial charge in [-0.2, -0.15) is 0 Å². The molecule has 1 aliphatic heterocycles. The summed E-state index contributed by atoms with van der Waals surface area (Å²) in [6.45, 7) is 9.27. The fraction of sp³-hybridized carbons (Fsp3) is 0.457. The Hall–Kier alpha value is -4.36. The Labute approximate surface area is 282 Å².